The van der Waals surface area contributed by atoms with Crippen LogP contribution in [0.2, 0.25) is 0 Å². The number of ether oxygens (including phenoxy) is 1. The highest BCUT2D eigenvalue weighted by atomic mass is 19.1. The average molecular weight is 276 g/mol. The molecule has 0 bridgehead atoms. The van der Waals surface area contributed by atoms with E-state index in [1.165, 1.54) is 13.2 Å². The molecule has 1 aromatic heterocycles. The smallest absolute Gasteiger partial charge is 0.328 e. The number of hydrogen-bond donors (Lipinski definition) is 1. The second-order valence-electron chi connectivity index (χ2n) is 4.18. The fourth-order valence-corrected chi connectivity index (χ4v) is 1.77. The number of rotatable bonds is 4. The van der Waals surface area contributed by atoms with Crippen LogP contribution in [0, 0.1) is 5.82 Å². The summed E-state index contributed by atoms with van der Waals surface area (Å²) in [5, 5.41) is 8.68. The minimum absolute atomic E-state index is 0.292. The van der Waals surface area contributed by atoms with Gasteiger partial charge in [0.15, 0.2) is 0 Å². The Kier molecular flexibility index (Phi) is 3.89. The van der Waals surface area contributed by atoms with Gasteiger partial charge < -0.3 is 14.3 Å². The lowest BCUT2D eigenvalue weighted by Gasteiger charge is -2.03. The number of methoxy groups -OCH3 is 1. The van der Waals surface area contributed by atoms with E-state index in [0.29, 0.717) is 28.4 Å². The molecule has 0 aliphatic heterocycles. The first-order valence-electron chi connectivity index (χ1n) is 5.86. The minimum Gasteiger partial charge on any atom is -0.497 e. The topological polar surface area (TPSA) is 59.7 Å². The lowest BCUT2D eigenvalue weighted by atomic mass is 10.1. The fraction of sp³-hybridized carbons (Fsp3) is 0.133. The molecule has 20 heavy (non-hydrogen) atoms. The molecular weight excluding hydrogens is 263 g/mol. The first kappa shape index (κ1) is 13.9. The summed E-state index contributed by atoms with van der Waals surface area (Å²) in [4.78, 5) is 10.6. The molecule has 0 fully saturated rings. The van der Waals surface area contributed by atoms with E-state index in [9.17, 15) is 9.18 Å². The van der Waals surface area contributed by atoms with Gasteiger partial charge in [0.1, 0.15) is 23.1 Å². The summed E-state index contributed by atoms with van der Waals surface area (Å²) in [7, 11) is 1.46. The number of carboxylic acids is 1. The Labute approximate surface area is 115 Å². The molecule has 104 valence electrons. The number of carboxylic acid groups (broad SMARTS) is 1. The summed E-state index contributed by atoms with van der Waals surface area (Å²) in [6.45, 7) is 1.61. The molecule has 2 rings (SSSR count). The highest BCUT2D eigenvalue weighted by molar-refractivity contribution is 5.88. The zero-order valence-electron chi connectivity index (χ0n) is 11.0. The van der Waals surface area contributed by atoms with Gasteiger partial charge in [-0.3, -0.25) is 0 Å². The SMILES string of the molecule is COc1ccc(-c2ccc(/C(C)=C/C(=O)O)o2)c(F)c1. The van der Waals surface area contributed by atoms with Crippen molar-refractivity contribution >= 4 is 11.5 Å². The molecule has 0 amide bonds. The maximum Gasteiger partial charge on any atom is 0.328 e. The molecule has 2 aromatic rings. The van der Waals surface area contributed by atoms with Gasteiger partial charge in [0.05, 0.1) is 12.7 Å². The summed E-state index contributed by atoms with van der Waals surface area (Å²) < 4.78 is 24.3. The van der Waals surface area contributed by atoms with Gasteiger partial charge in [-0.25, -0.2) is 9.18 Å². The Morgan fingerprint density at radius 1 is 1.35 bits per heavy atom. The van der Waals surface area contributed by atoms with Crippen molar-refractivity contribution in [1.29, 1.82) is 0 Å². The Morgan fingerprint density at radius 3 is 2.70 bits per heavy atom. The number of carbonyl (C=O) groups is 1. The van der Waals surface area contributed by atoms with Crippen LogP contribution >= 0.6 is 0 Å². The van der Waals surface area contributed by atoms with Gasteiger partial charge in [0, 0.05) is 12.1 Å². The molecule has 0 radical (unpaired) electrons. The van der Waals surface area contributed by atoms with Crippen molar-refractivity contribution in [2.45, 2.75) is 6.92 Å². The largest absolute Gasteiger partial charge is 0.497 e. The minimum atomic E-state index is -1.06. The Morgan fingerprint density at radius 2 is 2.10 bits per heavy atom. The lowest BCUT2D eigenvalue weighted by molar-refractivity contribution is -0.131. The number of allylic oxidation sites excluding steroid dienone is 1. The molecule has 4 nitrogen and oxygen atoms in total. The molecule has 1 N–H and O–H groups in total. The standard InChI is InChI=1S/C15H13FO4/c1-9(7-15(17)18)13-5-6-14(20-13)11-4-3-10(19-2)8-12(11)16/h3-8H,1-2H3,(H,17,18)/b9-7+. The highest BCUT2D eigenvalue weighted by Crippen LogP contribution is 2.29. The van der Waals surface area contributed by atoms with Crippen molar-refractivity contribution in [2.24, 2.45) is 0 Å². The van der Waals surface area contributed by atoms with Gasteiger partial charge in [-0.15, -0.1) is 0 Å². The first-order chi connectivity index (χ1) is 9.51. The van der Waals surface area contributed by atoms with E-state index in [0.717, 1.165) is 6.08 Å². The fourth-order valence-electron chi connectivity index (χ4n) is 1.77. The molecule has 0 atom stereocenters. The summed E-state index contributed by atoms with van der Waals surface area (Å²) in [6, 6.07) is 7.64. The second kappa shape index (κ2) is 5.61. The van der Waals surface area contributed by atoms with Gasteiger partial charge in [-0.2, -0.15) is 0 Å². The Hall–Kier alpha value is -2.56. The number of furan rings is 1. The third kappa shape index (κ3) is 2.88. The van der Waals surface area contributed by atoms with E-state index >= 15 is 0 Å². The predicted molar refractivity (Wildman–Crippen MR) is 71.9 cm³/mol. The molecule has 0 aliphatic rings. The molecule has 0 unspecified atom stereocenters. The van der Waals surface area contributed by atoms with Gasteiger partial charge in [-0.1, -0.05) is 0 Å². The quantitative estimate of drug-likeness (QED) is 0.867. The van der Waals surface area contributed by atoms with Crippen molar-refractivity contribution < 1.29 is 23.4 Å². The van der Waals surface area contributed by atoms with Crippen molar-refractivity contribution in [1.82, 2.24) is 0 Å². The molecule has 1 heterocycles. The molecule has 0 spiro atoms. The summed E-state index contributed by atoms with van der Waals surface area (Å²) in [5.74, 6) is -0.392. The van der Waals surface area contributed by atoms with Crippen LogP contribution in [0.5, 0.6) is 5.75 Å². The second-order valence-corrected chi connectivity index (χ2v) is 4.18. The van der Waals surface area contributed by atoms with Crippen molar-refractivity contribution in [2.75, 3.05) is 7.11 Å². The summed E-state index contributed by atoms with van der Waals surface area (Å²) in [6.07, 6.45) is 1.03. The molecule has 0 aliphatic carbocycles. The van der Waals surface area contributed by atoms with E-state index in [1.807, 2.05) is 0 Å². The first-order valence-corrected chi connectivity index (χ1v) is 5.86. The maximum absolute atomic E-state index is 13.9. The highest BCUT2D eigenvalue weighted by Gasteiger charge is 2.12. The molecule has 5 heteroatoms. The third-order valence-electron chi connectivity index (χ3n) is 2.78. The van der Waals surface area contributed by atoms with E-state index < -0.39 is 11.8 Å². The van der Waals surface area contributed by atoms with Crippen LogP contribution in [0.1, 0.15) is 12.7 Å². The van der Waals surface area contributed by atoms with Crippen LogP contribution in [0.15, 0.2) is 40.8 Å². The summed E-state index contributed by atoms with van der Waals surface area (Å²) >= 11 is 0. The van der Waals surface area contributed by atoms with E-state index in [-0.39, 0.29) is 0 Å². The lowest BCUT2D eigenvalue weighted by Crippen LogP contribution is -1.89. The maximum atomic E-state index is 13.9. The number of benzene rings is 1. The van der Waals surface area contributed by atoms with Crippen molar-refractivity contribution in [3.8, 4) is 17.1 Å². The molecule has 0 saturated heterocycles. The zero-order valence-corrected chi connectivity index (χ0v) is 11.0. The normalized spacial score (nSPS) is 11.4. The van der Waals surface area contributed by atoms with Crippen LogP contribution in [0.3, 0.4) is 0 Å². The van der Waals surface area contributed by atoms with Crippen molar-refractivity contribution in [3.63, 3.8) is 0 Å². The van der Waals surface area contributed by atoms with Crippen LogP contribution in [0.4, 0.5) is 4.39 Å². The molecular formula is C15H13FO4. The van der Waals surface area contributed by atoms with Crippen LogP contribution in [-0.2, 0) is 4.79 Å². The van der Waals surface area contributed by atoms with E-state index in [1.54, 1.807) is 31.2 Å². The molecule has 0 saturated carbocycles. The van der Waals surface area contributed by atoms with E-state index in [4.69, 9.17) is 14.3 Å². The average Bonchev–Trinajstić information content (AvgIpc) is 2.87. The van der Waals surface area contributed by atoms with Gasteiger partial charge in [0.25, 0.3) is 0 Å². The Bertz CT molecular complexity index is 670. The number of halogens is 1. The third-order valence-corrected chi connectivity index (χ3v) is 2.78. The number of aliphatic carboxylic acids is 1. The number of hydrogen-bond acceptors (Lipinski definition) is 3. The zero-order chi connectivity index (χ0) is 14.7. The van der Waals surface area contributed by atoms with E-state index in [2.05, 4.69) is 0 Å². The Balaban J connectivity index is 2.36. The van der Waals surface area contributed by atoms with Gasteiger partial charge in [0.2, 0.25) is 0 Å². The molecule has 1 aromatic carbocycles. The van der Waals surface area contributed by atoms with Gasteiger partial charge in [-0.05, 0) is 36.8 Å². The monoisotopic (exact) mass is 276 g/mol. The van der Waals surface area contributed by atoms with Crippen LogP contribution in [-0.4, -0.2) is 18.2 Å². The summed E-state index contributed by atoms with van der Waals surface area (Å²) in [5.41, 5.74) is 0.748. The van der Waals surface area contributed by atoms with Crippen LogP contribution in [0.25, 0.3) is 16.9 Å². The van der Waals surface area contributed by atoms with Gasteiger partial charge >= 0.3 is 5.97 Å². The van der Waals surface area contributed by atoms with Crippen LogP contribution < -0.4 is 4.74 Å². The predicted octanol–water partition coefficient (Wildman–Crippen LogP) is 3.58. The van der Waals surface area contributed by atoms with Crippen molar-refractivity contribution in [3.05, 3.63) is 48.0 Å².